The number of aryl methyl sites for hydroxylation is 2. The number of carbonyl (C=O) groups excluding carboxylic acids is 1. The molecule has 0 radical (unpaired) electrons. The number of nitrogens with one attached hydrogen (secondary N) is 1. The van der Waals surface area contributed by atoms with Gasteiger partial charge in [-0.25, -0.2) is 13.8 Å². The highest BCUT2D eigenvalue weighted by Gasteiger charge is 2.11. The number of benzene rings is 2. The standard InChI is InChI=1S/C19H16F2N2OS/c1-11-3-4-13(12(2)7-11)9-18(24)23-19-22-17(10-25-19)14-5-6-15(20)16(21)8-14/h3-8,10H,9H2,1-2H3,(H,22,23,24). The van der Waals surface area contributed by atoms with E-state index in [0.717, 1.165) is 28.8 Å². The van der Waals surface area contributed by atoms with E-state index in [9.17, 15) is 13.6 Å². The number of amides is 1. The minimum Gasteiger partial charge on any atom is -0.302 e. The highest BCUT2D eigenvalue weighted by atomic mass is 32.1. The summed E-state index contributed by atoms with van der Waals surface area (Å²) >= 11 is 1.24. The van der Waals surface area contributed by atoms with Crippen LogP contribution in [0.1, 0.15) is 16.7 Å². The van der Waals surface area contributed by atoms with Gasteiger partial charge in [-0.2, -0.15) is 0 Å². The van der Waals surface area contributed by atoms with Gasteiger partial charge in [0.2, 0.25) is 5.91 Å². The summed E-state index contributed by atoms with van der Waals surface area (Å²) in [6.45, 7) is 3.98. The maximum atomic E-state index is 13.3. The van der Waals surface area contributed by atoms with Crippen LogP contribution in [0.2, 0.25) is 0 Å². The third kappa shape index (κ3) is 4.09. The molecule has 1 aromatic heterocycles. The molecule has 0 aliphatic rings. The second-order valence-electron chi connectivity index (χ2n) is 5.82. The van der Waals surface area contributed by atoms with Crippen molar-refractivity contribution in [1.82, 2.24) is 4.98 Å². The molecule has 0 bridgehead atoms. The van der Waals surface area contributed by atoms with Crippen molar-refractivity contribution < 1.29 is 13.6 Å². The average molecular weight is 358 g/mol. The molecule has 0 aliphatic heterocycles. The van der Waals surface area contributed by atoms with E-state index in [1.807, 2.05) is 32.0 Å². The number of rotatable bonds is 4. The van der Waals surface area contributed by atoms with Crippen LogP contribution in [0.3, 0.4) is 0 Å². The van der Waals surface area contributed by atoms with E-state index in [1.165, 1.54) is 17.4 Å². The molecule has 128 valence electrons. The average Bonchev–Trinajstić information content (AvgIpc) is 3.01. The molecule has 1 N–H and O–H groups in total. The maximum Gasteiger partial charge on any atom is 0.230 e. The van der Waals surface area contributed by atoms with Crippen LogP contribution in [0.15, 0.2) is 41.8 Å². The molecule has 1 amide bonds. The first kappa shape index (κ1) is 17.2. The third-order valence-corrected chi connectivity index (χ3v) is 4.57. The molecule has 3 rings (SSSR count). The van der Waals surface area contributed by atoms with Crippen molar-refractivity contribution in [2.24, 2.45) is 0 Å². The predicted molar refractivity (Wildman–Crippen MR) is 95.7 cm³/mol. The molecule has 3 nitrogen and oxygen atoms in total. The molecule has 0 atom stereocenters. The van der Waals surface area contributed by atoms with Gasteiger partial charge < -0.3 is 5.32 Å². The van der Waals surface area contributed by atoms with Gasteiger partial charge in [0.1, 0.15) is 0 Å². The van der Waals surface area contributed by atoms with Crippen LogP contribution in [0.25, 0.3) is 11.3 Å². The van der Waals surface area contributed by atoms with Crippen LogP contribution >= 0.6 is 11.3 Å². The van der Waals surface area contributed by atoms with E-state index in [-0.39, 0.29) is 12.3 Å². The fourth-order valence-corrected chi connectivity index (χ4v) is 3.24. The summed E-state index contributed by atoms with van der Waals surface area (Å²) in [5, 5.41) is 4.87. The molecule has 1 heterocycles. The summed E-state index contributed by atoms with van der Waals surface area (Å²) in [6.07, 6.45) is 0.256. The van der Waals surface area contributed by atoms with Crippen molar-refractivity contribution in [2.45, 2.75) is 20.3 Å². The number of nitrogens with zero attached hydrogens (tertiary/aromatic N) is 1. The highest BCUT2D eigenvalue weighted by Crippen LogP contribution is 2.26. The number of carbonyl (C=O) groups is 1. The Hall–Kier alpha value is -2.60. The lowest BCUT2D eigenvalue weighted by atomic mass is 10.0. The van der Waals surface area contributed by atoms with Gasteiger partial charge in [-0.3, -0.25) is 4.79 Å². The second-order valence-corrected chi connectivity index (χ2v) is 6.68. The van der Waals surface area contributed by atoms with Crippen LogP contribution in [0.4, 0.5) is 13.9 Å². The zero-order chi connectivity index (χ0) is 18.0. The Kier molecular flexibility index (Phi) is 4.90. The Morgan fingerprint density at radius 3 is 2.64 bits per heavy atom. The summed E-state index contributed by atoms with van der Waals surface area (Å²) in [5.41, 5.74) is 4.13. The topological polar surface area (TPSA) is 42.0 Å². The Morgan fingerprint density at radius 1 is 1.12 bits per heavy atom. The molecule has 6 heteroatoms. The number of hydrogen-bond acceptors (Lipinski definition) is 3. The molecule has 0 saturated heterocycles. The Balaban J connectivity index is 1.70. The van der Waals surface area contributed by atoms with Crippen molar-refractivity contribution in [1.29, 1.82) is 0 Å². The fraction of sp³-hybridized carbons (Fsp3) is 0.158. The maximum absolute atomic E-state index is 13.3. The molecule has 0 spiro atoms. The van der Waals surface area contributed by atoms with Crippen LogP contribution in [-0.2, 0) is 11.2 Å². The van der Waals surface area contributed by atoms with Crippen LogP contribution in [0.5, 0.6) is 0 Å². The van der Waals surface area contributed by atoms with E-state index in [4.69, 9.17) is 0 Å². The van der Waals surface area contributed by atoms with Gasteiger partial charge in [0.05, 0.1) is 12.1 Å². The molecule has 25 heavy (non-hydrogen) atoms. The predicted octanol–water partition coefficient (Wildman–Crippen LogP) is 4.89. The number of hydrogen-bond donors (Lipinski definition) is 1. The van der Waals surface area contributed by atoms with Gasteiger partial charge in [-0.1, -0.05) is 23.8 Å². The van der Waals surface area contributed by atoms with Crippen molar-refractivity contribution in [2.75, 3.05) is 5.32 Å². The van der Waals surface area contributed by atoms with Gasteiger partial charge in [-0.15, -0.1) is 11.3 Å². The highest BCUT2D eigenvalue weighted by molar-refractivity contribution is 7.14. The van der Waals surface area contributed by atoms with E-state index in [0.29, 0.717) is 16.4 Å². The number of aromatic nitrogens is 1. The number of anilines is 1. The summed E-state index contributed by atoms with van der Waals surface area (Å²) < 4.78 is 26.3. The zero-order valence-corrected chi connectivity index (χ0v) is 14.6. The third-order valence-electron chi connectivity index (χ3n) is 3.82. The van der Waals surface area contributed by atoms with Gasteiger partial charge in [0.15, 0.2) is 16.8 Å². The van der Waals surface area contributed by atoms with Crippen LogP contribution in [-0.4, -0.2) is 10.9 Å². The number of thiazole rings is 1. The lowest BCUT2D eigenvalue weighted by Crippen LogP contribution is -2.14. The van der Waals surface area contributed by atoms with Crippen molar-refractivity contribution in [3.05, 3.63) is 70.1 Å². The van der Waals surface area contributed by atoms with E-state index in [2.05, 4.69) is 10.3 Å². The zero-order valence-electron chi connectivity index (χ0n) is 13.8. The first-order chi connectivity index (χ1) is 11.9. The molecular formula is C19H16F2N2OS. The Bertz CT molecular complexity index is 937. The van der Waals surface area contributed by atoms with Crippen LogP contribution < -0.4 is 5.32 Å². The number of halogens is 2. The second kappa shape index (κ2) is 7.11. The quantitative estimate of drug-likeness (QED) is 0.722. The molecule has 2 aromatic carbocycles. The van der Waals surface area contributed by atoms with Crippen LogP contribution in [0, 0.1) is 25.5 Å². The fourth-order valence-electron chi connectivity index (χ4n) is 2.50. The molecule has 0 unspecified atom stereocenters. The van der Waals surface area contributed by atoms with E-state index >= 15 is 0 Å². The lowest BCUT2D eigenvalue weighted by Gasteiger charge is -2.06. The van der Waals surface area contributed by atoms with Crippen molar-refractivity contribution in [3.8, 4) is 11.3 Å². The Morgan fingerprint density at radius 2 is 1.92 bits per heavy atom. The van der Waals surface area contributed by atoms with Crippen molar-refractivity contribution in [3.63, 3.8) is 0 Å². The molecule has 0 fully saturated rings. The first-order valence-electron chi connectivity index (χ1n) is 7.69. The molecule has 3 aromatic rings. The Labute approximate surface area is 148 Å². The van der Waals surface area contributed by atoms with Gasteiger partial charge in [0, 0.05) is 10.9 Å². The minimum absolute atomic E-state index is 0.168. The SMILES string of the molecule is Cc1ccc(CC(=O)Nc2nc(-c3ccc(F)c(F)c3)cs2)c(C)c1. The molecular weight excluding hydrogens is 342 g/mol. The normalized spacial score (nSPS) is 10.7. The van der Waals surface area contributed by atoms with E-state index < -0.39 is 11.6 Å². The monoisotopic (exact) mass is 358 g/mol. The first-order valence-corrected chi connectivity index (χ1v) is 8.57. The largest absolute Gasteiger partial charge is 0.302 e. The summed E-state index contributed by atoms with van der Waals surface area (Å²) in [7, 11) is 0. The molecule has 0 aliphatic carbocycles. The summed E-state index contributed by atoms with van der Waals surface area (Å²) in [5.74, 6) is -2.00. The minimum atomic E-state index is -0.925. The van der Waals surface area contributed by atoms with Crippen molar-refractivity contribution >= 4 is 22.4 Å². The summed E-state index contributed by atoms with van der Waals surface area (Å²) in [6, 6.07) is 9.55. The van der Waals surface area contributed by atoms with Gasteiger partial charge >= 0.3 is 0 Å². The smallest absolute Gasteiger partial charge is 0.230 e. The molecule has 0 saturated carbocycles. The van der Waals surface area contributed by atoms with E-state index in [1.54, 1.807) is 5.38 Å². The van der Waals surface area contributed by atoms with Gasteiger partial charge in [0.25, 0.3) is 0 Å². The van der Waals surface area contributed by atoms with Gasteiger partial charge in [-0.05, 0) is 43.2 Å². The summed E-state index contributed by atoms with van der Waals surface area (Å²) in [4.78, 5) is 16.5. The lowest BCUT2D eigenvalue weighted by molar-refractivity contribution is -0.115.